The number of benzene rings is 1. The van der Waals surface area contributed by atoms with Crippen molar-refractivity contribution in [3.05, 3.63) is 28.2 Å². The molecule has 0 bridgehead atoms. The van der Waals surface area contributed by atoms with E-state index in [-0.39, 0.29) is 0 Å². The first-order valence-corrected chi connectivity index (χ1v) is 7.16. The number of hydrogen-bond donors (Lipinski definition) is 2. The fourth-order valence-electron chi connectivity index (χ4n) is 2.55. The van der Waals surface area contributed by atoms with Crippen LogP contribution in [0.1, 0.15) is 43.0 Å². The molecule has 2 N–H and O–H groups in total. The van der Waals surface area contributed by atoms with E-state index in [4.69, 9.17) is 0 Å². The summed E-state index contributed by atoms with van der Waals surface area (Å²) >= 11 is 3.39. The Morgan fingerprint density at radius 2 is 2.11 bits per heavy atom. The monoisotopic (exact) mass is 311 g/mol. The van der Waals surface area contributed by atoms with Crippen LogP contribution in [0.3, 0.4) is 0 Å². The summed E-state index contributed by atoms with van der Waals surface area (Å²) in [5.41, 5.74) is 1.06. The molecule has 3 nitrogen and oxygen atoms in total. The highest BCUT2D eigenvalue weighted by Gasteiger charge is 2.22. The van der Waals surface area contributed by atoms with Crippen LogP contribution < -0.4 is 5.32 Å². The van der Waals surface area contributed by atoms with Crippen molar-refractivity contribution in [2.45, 2.75) is 38.6 Å². The summed E-state index contributed by atoms with van der Waals surface area (Å²) in [4.78, 5) is 11.2. The molecule has 0 spiro atoms. The first-order valence-electron chi connectivity index (χ1n) is 6.37. The van der Waals surface area contributed by atoms with E-state index in [0.717, 1.165) is 16.6 Å². The predicted molar refractivity (Wildman–Crippen MR) is 76.1 cm³/mol. The van der Waals surface area contributed by atoms with Crippen LogP contribution >= 0.6 is 15.9 Å². The third-order valence-electron chi connectivity index (χ3n) is 3.66. The van der Waals surface area contributed by atoms with Crippen LogP contribution in [0.15, 0.2) is 22.7 Å². The van der Waals surface area contributed by atoms with Gasteiger partial charge in [0.1, 0.15) is 0 Å². The number of halogens is 1. The third kappa shape index (κ3) is 3.05. The first-order chi connectivity index (χ1) is 8.58. The second-order valence-electron chi connectivity index (χ2n) is 5.01. The Labute approximate surface area is 116 Å². The highest BCUT2D eigenvalue weighted by atomic mass is 79.9. The van der Waals surface area contributed by atoms with Gasteiger partial charge in [0, 0.05) is 10.5 Å². The Morgan fingerprint density at radius 1 is 1.39 bits per heavy atom. The van der Waals surface area contributed by atoms with Crippen molar-refractivity contribution < 1.29 is 9.90 Å². The van der Waals surface area contributed by atoms with Gasteiger partial charge in [-0.2, -0.15) is 0 Å². The van der Waals surface area contributed by atoms with E-state index in [1.165, 1.54) is 19.3 Å². The summed E-state index contributed by atoms with van der Waals surface area (Å²) < 4.78 is 0.901. The molecule has 0 aromatic heterocycles. The molecule has 1 aromatic carbocycles. The number of carboxylic acids is 1. The lowest BCUT2D eigenvalue weighted by Crippen LogP contribution is -2.31. The van der Waals surface area contributed by atoms with Crippen molar-refractivity contribution in [1.29, 1.82) is 0 Å². The van der Waals surface area contributed by atoms with Gasteiger partial charge in [-0.05, 0) is 37.0 Å². The van der Waals surface area contributed by atoms with Crippen LogP contribution in [0.25, 0.3) is 0 Å². The Morgan fingerprint density at radius 3 is 2.78 bits per heavy atom. The first kappa shape index (κ1) is 13.4. The summed E-state index contributed by atoms with van der Waals surface area (Å²) in [7, 11) is 0. The molecule has 1 saturated carbocycles. The number of rotatable bonds is 3. The minimum atomic E-state index is -0.881. The second-order valence-corrected chi connectivity index (χ2v) is 5.92. The standard InChI is InChI=1S/C14H18BrNO2/c1-9-4-2-3-5-12(9)16-13-8-10(15)6-7-11(13)14(17)18/h6-9,12,16H,2-5H2,1H3,(H,17,18). The zero-order chi connectivity index (χ0) is 13.1. The van der Waals surface area contributed by atoms with Gasteiger partial charge in [-0.1, -0.05) is 35.7 Å². The molecule has 0 saturated heterocycles. The summed E-state index contributed by atoms with van der Waals surface area (Å²) in [6.07, 6.45) is 4.84. The Bertz CT molecular complexity index is 447. The van der Waals surface area contributed by atoms with Crippen LogP contribution in [-0.2, 0) is 0 Å². The third-order valence-corrected chi connectivity index (χ3v) is 4.16. The highest BCUT2D eigenvalue weighted by molar-refractivity contribution is 9.10. The van der Waals surface area contributed by atoms with Crippen molar-refractivity contribution in [1.82, 2.24) is 0 Å². The van der Waals surface area contributed by atoms with Gasteiger partial charge < -0.3 is 10.4 Å². The Kier molecular flexibility index (Phi) is 4.27. The lowest BCUT2D eigenvalue weighted by molar-refractivity contribution is 0.0698. The molecule has 98 valence electrons. The number of anilines is 1. The van der Waals surface area contributed by atoms with Crippen molar-refractivity contribution in [2.24, 2.45) is 5.92 Å². The van der Waals surface area contributed by atoms with Gasteiger partial charge in [0.25, 0.3) is 0 Å². The minimum absolute atomic E-state index is 0.343. The molecule has 0 radical (unpaired) electrons. The van der Waals surface area contributed by atoms with Gasteiger partial charge in [-0.15, -0.1) is 0 Å². The summed E-state index contributed by atoms with van der Waals surface area (Å²) in [5, 5.41) is 12.6. The van der Waals surface area contributed by atoms with Crippen LogP contribution in [-0.4, -0.2) is 17.1 Å². The topological polar surface area (TPSA) is 49.3 Å². The zero-order valence-corrected chi connectivity index (χ0v) is 12.0. The van der Waals surface area contributed by atoms with Gasteiger partial charge in [0.05, 0.1) is 11.3 Å². The second kappa shape index (κ2) is 5.74. The van der Waals surface area contributed by atoms with E-state index in [2.05, 4.69) is 28.2 Å². The summed E-state index contributed by atoms with van der Waals surface area (Å²) in [6, 6.07) is 5.64. The normalized spacial score (nSPS) is 23.7. The lowest BCUT2D eigenvalue weighted by Gasteiger charge is -2.30. The van der Waals surface area contributed by atoms with E-state index in [0.29, 0.717) is 17.5 Å². The Balaban J connectivity index is 2.21. The average molecular weight is 312 g/mol. The molecule has 0 amide bonds. The molecular formula is C14H18BrNO2. The molecule has 1 aliphatic rings. The van der Waals surface area contributed by atoms with Crippen LogP contribution in [0.2, 0.25) is 0 Å². The molecular weight excluding hydrogens is 294 g/mol. The van der Waals surface area contributed by atoms with Gasteiger partial charge in [0.2, 0.25) is 0 Å². The van der Waals surface area contributed by atoms with Gasteiger partial charge in [-0.3, -0.25) is 0 Å². The Hall–Kier alpha value is -1.03. The predicted octanol–water partition coefficient (Wildman–Crippen LogP) is 4.14. The molecule has 4 heteroatoms. The molecule has 1 aliphatic carbocycles. The zero-order valence-electron chi connectivity index (χ0n) is 10.4. The van der Waals surface area contributed by atoms with E-state index in [1.807, 2.05) is 6.07 Å². The maximum atomic E-state index is 11.2. The molecule has 2 rings (SSSR count). The van der Waals surface area contributed by atoms with E-state index in [9.17, 15) is 9.90 Å². The molecule has 2 atom stereocenters. The number of hydrogen-bond acceptors (Lipinski definition) is 2. The number of carbonyl (C=O) groups is 1. The average Bonchev–Trinajstić information content (AvgIpc) is 2.32. The number of nitrogens with one attached hydrogen (secondary N) is 1. The van der Waals surface area contributed by atoms with E-state index in [1.54, 1.807) is 12.1 Å². The fraction of sp³-hybridized carbons (Fsp3) is 0.500. The van der Waals surface area contributed by atoms with Gasteiger partial charge in [-0.25, -0.2) is 4.79 Å². The maximum absolute atomic E-state index is 11.2. The van der Waals surface area contributed by atoms with Gasteiger partial charge >= 0.3 is 5.97 Å². The maximum Gasteiger partial charge on any atom is 0.337 e. The van der Waals surface area contributed by atoms with Crippen molar-refractivity contribution in [3.8, 4) is 0 Å². The summed E-state index contributed by atoms with van der Waals surface area (Å²) in [6.45, 7) is 2.23. The van der Waals surface area contributed by atoms with Crippen molar-refractivity contribution in [2.75, 3.05) is 5.32 Å². The molecule has 0 heterocycles. The number of carboxylic acid groups (broad SMARTS) is 1. The van der Waals surface area contributed by atoms with E-state index >= 15 is 0 Å². The van der Waals surface area contributed by atoms with Crippen LogP contribution in [0.5, 0.6) is 0 Å². The molecule has 1 aromatic rings. The molecule has 1 fully saturated rings. The smallest absolute Gasteiger partial charge is 0.337 e. The lowest BCUT2D eigenvalue weighted by atomic mass is 9.85. The quantitative estimate of drug-likeness (QED) is 0.882. The van der Waals surface area contributed by atoms with E-state index < -0.39 is 5.97 Å². The van der Waals surface area contributed by atoms with Crippen LogP contribution in [0.4, 0.5) is 5.69 Å². The molecule has 0 aliphatic heterocycles. The number of aromatic carboxylic acids is 1. The van der Waals surface area contributed by atoms with Crippen LogP contribution in [0, 0.1) is 5.92 Å². The van der Waals surface area contributed by atoms with Crippen molar-refractivity contribution >= 4 is 27.6 Å². The molecule has 18 heavy (non-hydrogen) atoms. The molecule has 2 unspecified atom stereocenters. The largest absolute Gasteiger partial charge is 0.478 e. The summed E-state index contributed by atoms with van der Waals surface area (Å²) in [5.74, 6) is -0.284. The minimum Gasteiger partial charge on any atom is -0.478 e. The SMILES string of the molecule is CC1CCCCC1Nc1cc(Br)ccc1C(=O)O. The van der Waals surface area contributed by atoms with Crippen molar-refractivity contribution in [3.63, 3.8) is 0 Å². The fourth-order valence-corrected chi connectivity index (χ4v) is 2.91. The highest BCUT2D eigenvalue weighted by Crippen LogP contribution is 2.29. The van der Waals surface area contributed by atoms with Gasteiger partial charge in [0.15, 0.2) is 0 Å².